The van der Waals surface area contributed by atoms with Crippen LogP contribution in [-0.4, -0.2) is 24.3 Å². The van der Waals surface area contributed by atoms with Crippen LogP contribution in [0.2, 0.25) is 0 Å². The van der Waals surface area contributed by atoms with Crippen molar-refractivity contribution in [2.24, 2.45) is 11.8 Å². The number of hydrogen-bond donors (Lipinski definition) is 2. The largest absolute Gasteiger partial charge is 0.396 e. The maximum atomic E-state index is 8.88. The molecular weight excluding hydrogens is 138 g/mol. The topological polar surface area (TPSA) is 32.3 Å². The summed E-state index contributed by atoms with van der Waals surface area (Å²) >= 11 is 0. The van der Waals surface area contributed by atoms with Crippen molar-refractivity contribution in [1.82, 2.24) is 5.32 Å². The highest BCUT2D eigenvalue weighted by Crippen LogP contribution is 2.18. The minimum Gasteiger partial charge on any atom is -0.396 e. The summed E-state index contributed by atoms with van der Waals surface area (Å²) in [5.41, 5.74) is 0. The zero-order valence-electron chi connectivity index (χ0n) is 7.51. The van der Waals surface area contributed by atoms with E-state index in [0.717, 1.165) is 12.5 Å². The molecule has 0 saturated carbocycles. The van der Waals surface area contributed by atoms with E-state index in [2.05, 4.69) is 19.2 Å². The van der Waals surface area contributed by atoms with Crippen molar-refractivity contribution in [3.05, 3.63) is 0 Å². The van der Waals surface area contributed by atoms with Gasteiger partial charge in [-0.1, -0.05) is 13.8 Å². The van der Waals surface area contributed by atoms with Gasteiger partial charge >= 0.3 is 0 Å². The van der Waals surface area contributed by atoms with Gasteiger partial charge in [-0.3, -0.25) is 0 Å². The molecule has 1 saturated heterocycles. The van der Waals surface area contributed by atoms with Crippen LogP contribution in [0, 0.1) is 11.8 Å². The summed E-state index contributed by atoms with van der Waals surface area (Å²) in [6, 6.07) is 0.679. The van der Waals surface area contributed by atoms with Gasteiger partial charge in [0.1, 0.15) is 0 Å². The van der Waals surface area contributed by atoms with Crippen molar-refractivity contribution >= 4 is 0 Å². The first-order valence-corrected chi connectivity index (χ1v) is 4.58. The average Bonchev–Trinajstić information content (AvgIpc) is 2.05. The number of nitrogens with one attached hydrogen (secondary N) is 1. The quantitative estimate of drug-likeness (QED) is 0.627. The van der Waals surface area contributed by atoms with Crippen LogP contribution in [0.5, 0.6) is 0 Å². The normalized spacial score (nSPS) is 32.7. The second-order valence-corrected chi connectivity index (χ2v) is 3.88. The van der Waals surface area contributed by atoms with Crippen molar-refractivity contribution in [3.63, 3.8) is 0 Å². The molecule has 0 aromatic rings. The van der Waals surface area contributed by atoms with Crippen molar-refractivity contribution < 1.29 is 5.11 Å². The summed E-state index contributed by atoms with van der Waals surface area (Å²) in [5, 5.41) is 12.3. The van der Waals surface area contributed by atoms with Crippen molar-refractivity contribution in [1.29, 1.82) is 0 Å². The summed E-state index contributed by atoms with van der Waals surface area (Å²) in [6.45, 7) is 5.84. The number of rotatable bonds is 2. The molecule has 1 heterocycles. The smallest absolute Gasteiger partial charge is 0.0471 e. The first-order chi connectivity index (χ1) is 5.24. The zero-order chi connectivity index (χ0) is 8.27. The van der Waals surface area contributed by atoms with Gasteiger partial charge in [-0.25, -0.2) is 0 Å². The molecule has 2 heteroatoms. The molecule has 0 aromatic heterocycles. The van der Waals surface area contributed by atoms with Crippen molar-refractivity contribution in [3.8, 4) is 0 Å². The molecule has 0 aliphatic carbocycles. The Labute approximate surface area is 69.0 Å². The fraction of sp³-hybridized carbons (Fsp3) is 1.00. The Hall–Kier alpha value is -0.0800. The Balaban J connectivity index is 2.24. The van der Waals surface area contributed by atoms with E-state index in [4.69, 9.17) is 5.11 Å². The summed E-state index contributed by atoms with van der Waals surface area (Å²) in [7, 11) is 0. The van der Waals surface area contributed by atoms with Crippen LogP contribution in [0.3, 0.4) is 0 Å². The summed E-state index contributed by atoms with van der Waals surface area (Å²) in [5.74, 6) is 1.24. The highest BCUT2D eigenvalue weighted by molar-refractivity contribution is 4.79. The number of piperidine rings is 1. The number of aliphatic hydroxyl groups is 1. The maximum absolute atomic E-state index is 8.88. The van der Waals surface area contributed by atoms with Gasteiger partial charge in [0.05, 0.1) is 0 Å². The van der Waals surface area contributed by atoms with Gasteiger partial charge in [-0.2, -0.15) is 0 Å². The molecule has 1 fully saturated rings. The SMILES string of the molecule is CC(C)C1CCC(CO)CN1. The minimum atomic E-state index is 0.345. The van der Waals surface area contributed by atoms with Crippen LogP contribution in [0.25, 0.3) is 0 Å². The van der Waals surface area contributed by atoms with E-state index in [0.29, 0.717) is 18.6 Å². The second kappa shape index (κ2) is 4.07. The van der Waals surface area contributed by atoms with Gasteiger partial charge in [0.15, 0.2) is 0 Å². The molecule has 2 nitrogen and oxygen atoms in total. The first-order valence-electron chi connectivity index (χ1n) is 4.58. The Morgan fingerprint density at radius 2 is 2.18 bits per heavy atom. The Kier molecular flexibility index (Phi) is 3.34. The fourth-order valence-corrected chi connectivity index (χ4v) is 1.66. The van der Waals surface area contributed by atoms with E-state index in [1.807, 2.05) is 0 Å². The molecule has 11 heavy (non-hydrogen) atoms. The fourth-order valence-electron chi connectivity index (χ4n) is 1.66. The molecule has 66 valence electrons. The molecule has 2 unspecified atom stereocenters. The molecule has 1 aliphatic rings. The van der Waals surface area contributed by atoms with Gasteiger partial charge in [-0.15, -0.1) is 0 Å². The van der Waals surface area contributed by atoms with Crippen LogP contribution in [0.4, 0.5) is 0 Å². The molecule has 0 aromatic carbocycles. The Bertz CT molecular complexity index is 106. The van der Waals surface area contributed by atoms with Gasteiger partial charge in [-0.05, 0) is 24.7 Å². The molecular formula is C9H19NO. The number of aliphatic hydroxyl groups excluding tert-OH is 1. The predicted octanol–water partition coefficient (Wildman–Crippen LogP) is 1.00. The molecule has 0 bridgehead atoms. The lowest BCUT2D eigenvalue weighted by Crippen LogP contribution is -2.42. The summed E-state index contributed by atoms with van der Waals surface area (Å²) in [4.78, 5) is 0. The average molecular weight is 157 g/mol. The third-order valence-electron chi connectivity index (χ3n) is 2.62. The maximum Gasteiger partial charge on any atom is 0.0471 e. The van der Waals surface area contributed by atoms with E-state index in [1.165, 1.54) is 12.8 Å². The zero-order valence-corrected chi connectivity index (χ0v) is 7.51. The van der Waals surface area contributed by atoms with Crippen LogP contribution < -0.4 is 5.32 Å². The molecule has 1 rings (SSSR count). The van der Waals surface area contributed by atoms with Crippen molar-refractivity contribution in [2.75, 3.05) is 13.2 Å². The molecule has 0 radical (unpaired) electrons. The third-order valence-corrected chi connectivity index (χ3v) is 2.62. The van der Waals surface area contributed by atoms with E-state index < -0.39 is 0 Å². The summed E-state index contributed by atoms with van der Waals surface area (Å²) in [6.07, 6.45) is 2.41. The van der Waals surface area contributed by atoms with Gasteiger partial charge in [0.25, 0.3) is 0 Å². The van der Waals surface area contributed by atoms with E-state index in [-0.39, 0.29) is 0 Å². The van der Waals surface area contributed by atoms with Gasteiger partial charge < -0.3 is 10.4 Å². The van der Waals surface area contributed by atoms with Crippen molar-refractivity contribution in [2.45, 2.75) is 32.7 Å². The lowest BCUT2D eigenvalue weighted by atomic mass is 9.90. The first kappa shape index (κ1) is 9.01. The molecule has 2 N–H and O–H groups in total. The van der Waals surface area contributed by atoms with E-state index in [1.54, 1.807) is 0 Å². The minimum absolute atomic E-state index is 0.345. The Morgan fingerprint density at radius 1 is 1.45 bits per heavy atom. The lowest BCUT2D eigenvalue weighted by Gasteiger charge is -2.31. The van der Waals surface area contributed by atoms with Gasteiger partial charge in [0.2, 0.25) is 0 Å². The molecule has 1 aliphatic heterocycles. The monoisotopic (exact) mass is 157 g/mol. The molecule has 2 atom stereocenters. The molecule has 0 spiro atoms. The standard InChI is InChI=1S/C9H19NO/c1-7(2)9-4-3-8(6-11)5-10-9/h7-11H,3-6H2,1-2H3. The predicted molar refractivity (Wildman–Crippen MR) is 46.4 cm³/mol. The highest BCUT2D eigenvalue weighted by atomic mass is 16.3. The van der Waals surface area contributed by atoms with E-state index >= 15 is 0 Å². The van der Waals surface area contributed by atoms with Crippen LogP contribution in [0.1, 0.15) is 26.7 Å². The summed E-state index contributed by atoms with van der Waals surface area (Å²) < 4.78 is 0. The second-order valence-electron chi connectivity index (χ2n) is 3.88. The lowest BCUT2D eigenvalue weighted by molar-refractivity contribution is 0.171. The van der Waals surface area contributed by atoms with Crippen LogP contribution in [-0.2, 0) is 0 Å². The van der Waals surface area contributed by atoms with Gasteiger partial charge in [0, 0.05) is 19.2 Å². The van der Waals surface area contributed by atoms with Crippen LogP contribution >= 0.6 is 0 Å². The number of hydrogen-bond acceptors (Lipinski definition) is 2. The third kappa shape index (κ3) is 2.46. The van der Waals surface area contributed by atoms with E-state index in [9.17, 15) is 0 Å². The Morgan fingerprint density at radius 3 is 2.55 bits per heavy atom. The molecule has 0 amide bonds. The van der Waals surface area contributed by atoms with Crippen LogP contribution in [0.15, 0.2) is 0 Å². The highest BCUT2D eigenvalue weighted by Gasteiger charge is 2.21.